The molecule has 2 N–H and O–H groups in total. The first-order chi connectivity index (χ1) is 18.3. The third-order valence-electron chi connectivity index (χ3n) is 6.76. The second-order valence-electron chi connectivity index (χ2n) is 10.2. The van der Waals surface area contributed by atoms with Crippen molar-refractivity contribution in [3.8, 4) is 11.5 Å². The van der Waals surface area contributed by atoms with Crippen molar-refractivity contribution in [1.82, 2.24) is 0 Å². The Labute approximate surface area is 261 Å². The predicted molar refractivity (Wildman–Crippen MR) is 167 cm³/mol. The van der Waals surface area contributed by atoms with E-state index in [0.29, 0.717) is 0 Å². The van der Waals surface area contributed by atoms with Crippen molar-refractivity contribution < 1.29 is 22.3 Å². The van der Waals surface area contributed by atoms with Crippen LogP contribution in [0.2, 0.25) is 0 Å². The second-order valence-corrected chi connectivity index (χ2v) is 11.1. The number of unbranched alkanes of at least 4 members (excludes halogenated alkanes) is 14. The molecule has 0 saturated carbocycles. The van der Waals surface area contributed by atoms with Crippen LogP contribution in [0.4, 0.5) is 0 Å². The van der Waals surface area contributed by atoms with E-state index in [-0.39, 0.29) is 29.6 Å². The zero-order chi connectivity index (χ0) is 27.9. The van der Waals surface area contributed by atoms with Gasteiger partial charge in [-0.1, -0.05) is 140 Å². The first kappa shape index (κ1) is 38.1. The molecule has 0 unspecified atom stereocenters. The quantitative estimate of drug-likeness (QED) is 0.0937. The van der Waals surface area contributed by atoms with Gasteiger partial charge in [-0.15, -0.1) is 0 Å². The third-order valence-corrected chi connectivity index (χ3v) is 6.76. The second kappa shape index (κ2) is 24.9. The molecule has 0 spiro atoms. The third kappa shape index (κ3) is 22.5. The van der Waals surface area contributed by atoms with Gasteiger partial charge in [0.1, 0.15) is 11.5 Å². The fraction of sp³-hybridized carbons (Fsp3) is 0.625. The van der Waals surface area contributed by atoms with E-state index in [2.05, 4.69) is 62.4 Å². The summed E-state index contributed by atoms with van der Waals surface area (Å²) in [5.41, 5.74) is 2.70. The van der Waals surface area contributed by atoms with Crippen LogP contribution < -0.4 is 4.74 Å². The van der Waals surface area contributed by atoms with Crippen molar-refractivity contribution >= 4 is 40.0 Å². The first-order valence-electron chi connectivity index (χ1n) is 14.9. The molecule has 7 heteroatoms. The zero-order valence-electron chi connectivity index (χ0n) is 23.9. The Bertz CT molecular complexity index is 880. The van der Waals surface area contributed by atoms with Gasteiger partial charge in [0.2, 0.25) is 0 Å². The molecule has 0 heterocycles. The van der Waals surface area contributed by atoms with Gasteiger partial charge in [0.25, 0.3) is 0 Å². The van der Waals surface area contributed by atoms with Crippen LogP contribution in [0.15, 0.2) is 48.5 Å². The van der Waals surface area contributed by atoms with Crippen LogP contribution in [0, 0.1) is 0 Å². The van der Waals surface area contributed by atoms with E-state index in [1.807, 2.05) is 0 Å². The Morgan fingerprint density at radius 3 is 1.15 bits per heavy atom. The molecule has 2 aromatic rings. The number of ether oxygens (including phenoxy) is 1. The first-order valence-corrected chi connectivity index (χ1v) is 16.3. The SMILES string of the molecule is CCCCCCCCCCc1ccccc1Oc1ccccc1CCCCCCCCCC.O=S(=O)(O)O.[NaH]. The summed E-state index contributed by atoms with van der Waals surface area (Å²) in [7, 11) is -4.67. The van der Waals surface area contributed by atoms with Gasteiger partial charge in [-0.05, 0) is 48.9 Å². The summed E-state index contributed by atoms with van der Waals surface area (Å²) in [4.78, 5) is 0. The molecule has 0 aliphatic heterocycles. The fourth-order valence-electron chi connectivity index (χ4n) is 4.64. The van der Waals surface area contributed by atoms with Crippen LogP contribution >= 0.6 is 0 Å². The molecule has 39 heavy (non-hydrogen) atoms. The van der Waals surface area contributed by atoms with Gasteiger partial charge in [-0.3, -0.25) is 9.11 Å². The van der Waals surface area contributed by atoms with Gasteiger partial charge in [0.15, 0.2) is 0 Å². The van der Waals surface area contributed by atoms with Gasteiger partial charge in [0.05, 0.1) is 0 Å². The van der Waals surface area contributed by atoms with Gasteiger partial charge >= 0.3 is 40.0 Å². The number of hydrogen-bond acceptors (Lipinski definition) is 3. The van der Waals surface area contributed by atoms with E-state index >= 15 is 0 Å². The van der Waals surface area contributed by atoms with Crippen molar-refractivity contribution in [2.75, 3.05) is 0 Å². The van der Waals surface area contributed by atoms with Gasteiger partial charge in [0, 0.05) is 0 Å². The van der Waals surface area contributed by atoms with Crippen LogP contribution in [0.1, 0.15) is 128 Å². The number of rotatable bonds is 20. The molecular formula is C32H53NaO5S. The van der Waals surface area contributed by atoms with Crippen molar-refractivity contribution in [2.45, 2.75) is 129 Å². The van der Waals surface area contributed by atoms with Crippen molar-refractivity contribution in [2.24, 2.45) is 0 Å². The molecule has 2 rings (SSSR count). The molecule has 0 aromatic heterocycles. The van der Waals surface area contributed by atoms with Crippen molar-refractivity contribution in [3.63, 3.8) is 0 Å². The standard InChI is InChI=1S/C32H50O.Na.H2O4S.H/c1-3-5-7-9-11-13-15-17-23-29-25-19-21-27-31(29)33-32-28-22-20-26-30(32)24-18-16-14-12-10-8-6-4-2;;1-5(2,3)4;/h19-22,25-28H,3-18,23-24H2,1-2H3;;(H2,1,2,3,4);. The van der Waals surface area contributed by atoms with Crippen molar-refractivity contribution in [3.05, 3.63) is 59.7 Å². The molecule has 0 bridgehead atoms. The van der Waals surface area contributed by atoms with Crippen molar-refractivity contribution in [1.29, 1.82) is 0 Å². The van der Waals surface area contributed by atoms with E-state index in [0.717, 1.165) is 24.3 Å². The number of hydrogen-bond donors (Lipinski definition) is 2. The maximum absolute atomic E-state index is 8.74. The summed E-state index contributed by atoms with van der Waals surface area (Å²) in [6.45, 7) is 4.57. The molecule has 2 aromatic carbocycles. The summed E-state index contributed by atoms with van der Waals surface area (Å²) in [6, 6.07) is 17.3. The van der Waals surface area contributed by atoms with Crippen LogP contribution in [0.25, 0.3) is 0 Å². The Balaban J connectivity index is 0.00000220. The topological polar surface area (TPSA) is 83.8 Å². The van der Waals surface area contributed by atoms with Gasteiger partial charge in [-0.25, -0.2) is 0 Å². The molecular weight excluding hydrogens is 519 g/mol. The maximum atomic E-state index is 8.74. The summed E-state index contributed by atoms with van der Waals surface area (Å²) < 4.78 is 38.1. The monoisotopic (exact) mass is 572 g/mol. The average Bonchev–Trinajstić information content (AvgIpc) is 2.88. The van der Waals surface area contributed by atoms with Crippen LogP contribution in [-0.2, 0) is 23.2 Å². The molecule has 5 nitrogen and oxygen atoms in total. The Morgan fingerprint density at radius 1 is 0.538 bits per heavy atom. The van der Waals surface area contributed by atoms with Crippen LogP contribution in [0.5, 0.6) is 11.5 Å². The summed E-state index contributed by atoms with van der Waals surface area (Å²) in [5.74, 6) is 2.09. The molecule has 0 aliphatic carbocycles. The minimum atomic E-state index is -4.67. The van der Waals surface area contributed by atoms with Crippen LogP contribution in [0.3, 0.4) is 0 Å². The summed E-state index contributed by atoms with van der Waals surface area (Å²) in [5, 5.41) is 0. The van der Waals surface area contributed by atoms with Crippen LogP contribution in [-0.4, -0.2) is 47.1 Å². The molecule has 0 amide bonds. The zero-order valence-corrected chi connectivity index (χ0v) is 24.7. The number of aryl methyl sites for hydroxylation is 2. The molecule has 0 atom stereocenters. The van der Waals surface area contributed by atoms with E-state index in [9.17, 15) is 0 Å². The number of para-hydroxylation sites is 2. The Hall–Kier alpha value is -0.890. The van der Waals surface area contributed by atoms with E-state index < -0.39 is 10.4 Å². The summed E-state index contributed by atoms with van der Waals surface area (Å²) >= 11 is 0. The van der Waals surface area contributed by atoms with Gasteiger partial charge in [-0.2, -0.15) is 8.42 Å². The van der Waals surface area contributed by atoms with Gasteiger partial charge < -0.3 is 4.74 Å². The molecule has 0 radical (unpaired) electrons. The molecule has 0 fully saturated rings. The summed E-state index contributed by atoms with van der Waals surface area (Å²) in [6.07, 6.45) is 24.0. The molecule has 218 valence electrons. The molecule has 0 saturated heterocycles. The predicted octanol–water partition coefficient (Wildman–Crippen LogP) is 9.54. The Kier molecular flexibility index (Phi) is 24.3. The minimum absolute atomic E-state index is 0. The van der Waals surface area contributed by atoms with E-state index in [1.165, 1.54) is 114 Å². The molecule has 0 aliphatic rings. The number of benzene rings is 2. The fourth-order valence-corrected chi connectivity index (χ4v) is 4.64. The average molecular weight is 573 g/mol. The van der Waals surface area contributed by atoms with E-state index in [1.54, 1.807) is 0 Å². The normalized spacial score (nSPS) is 10.9. The Morgan fingerprint density at radius 2 is 0.821 bits per heavy atom. The van der Waals surface area contributed by atoms with E-state index in [4.69, 9.17) is 22.3 Å².